The van der Waals surface area contributed by atoms with E-state index in [-0.39, 0.29) is 6.10 Å². The number of rotatable bonds is 8. The Bertz CT molecular complexity index is 334. The highest BCUT2D eigenvalue weighted by Crippen LogP contribution is 2.19. The molecule has 2 heteroatoms. The highest BCUT2D eigenvalue weighted by atomic mass is 16.3. The van der Waals surface area contributed by atoms with Crippen molar-refractivity contribution < 1.29 is 5.11 Å². The molecule has 0 amide bonds. The van der Waals surface area contributed by atoms with Gasteiger partial charge in [-0.25, -0.2) is 0 Å². The molecule has 0 spiro atoms. The van der Waals surface area contributed by atoms with Crippen LogP contribution >= 0.6 is 0 Å². The second kappa shape index (κ2) is 8.28. The Hall–Kier alpha value is -0.860. The Labute approximate surface area is 112 Å². The van der Waals surface area contributed by atoms with Crippen LogP contribution in [0.1, 0.15) is 50.8 Å². The van der Waals surface area contributed by atoms with Crippen LogP contribution in [-0.2, 0) is 6.42 Å². The van der Waals surface area contributed by atoms with Crippen molar-refractivity contribution in [1.82, 2.24) is 4.90 Å². The van der Waals surface area contributed by atoms with E-state index in [9.17, 15) is 5.11 Å². The van der Waals surface area contributed by atoms with Gasteiger partial charge in [0.25, 0.3) is 0 Å². The Morgan fingerprint density at radius 3 is 2.50 bits per heavy atom. The first-order chi connectivity index (χ1) is 8.71. The summed E-state index contributed by atoms with van der Waals surface area (Å²) in [7, 11) is 0. The monoisotopic (exact) mass is 249 g/mol. The zero-order chi connectivity index (χ0) is 13.4. The minimum atomic E-state index is -0.331. The SMILES string of the molecule is CCCc1cccc(C(O)CCN(CC)CC)c1. The Morgan fingerprint density at radius 1 is 1.17 bits per heavy atom. The van der Waals surface area contributed by atoms with Gasteiger partial charge < -0.3 is 10.0 Å². The summed E-state index contributed by atoms with van der Waals surface area (Å²) in [5, 5.41) is 10.2. The smallest absolute Gasteiger partial charge is 0.0802 e. The number of benzene rings is 1. The molecule has 0 fully saturated rings. The third-order valence-electron chi connectivity index (χ3n) is 3.49. The van der Waals surface area contributed by atoms with Gasteiger partial charge in [0, 0.05) is 6.54 Å². The Morgan fingerprint density at radius 2 is 1.89 bits per heavy atom. The van der Waals surface area contributed by atoms with Crippen molar-refractivity contribution >= 4 is 0 Å². The van der Waals surface area contributed by atoms with Crippen LogP contribution in [-0.4, -0.2) is 29.6 Å². The third kappa shape index (κ3) is 4.79. The molecule has 0 aliphatic carbocycles. The van der Waals surface area contributed by atoms with Crippen molar-refractivity contribution in [3.8, 4) is 0 Å². The molecule has 0 saturated carbocycles. The lowest BCUT2D eigenvalue weighted by Gasteiger charge is -2.20. The van der Waals surface area contributed by atoms with Gasteiger partial charge in [-0.1, -0.05) is 51.5 Å². The van der Waals surface area contributed by atoms with Gasteiger partial charge in [0.2, 0.25) is 0 Å². The summed E-state index contributed by atoms with van der Waals surface area (Å²) < 4.78 is 0. The van der Waals surface area contributed by atoms with Crippen LogP contribution in [0.4, 0.5) is 0 Å². The molecule has 0 bridgehead atoms. The number of aliphatic hydroxyl groups is 1. The van der Waals surface area contributed by atoms with E-state index in [2.05, 4.69) is 43.9 Å². The second-order valence-corrected chi connectivity index (χ2v) is 4.83. The molecule has 102 valence electrons. The van der Waals surface area contributed by atoms with Crippen LogP contribution in [0.3, 0.4) is 0 Å². The standard InChI is InChI=1S/C16H27NO/c1-4-8-14-9-7-10-15(13-14)16(18)11-12-17(5-2)6-3/h7,9-10,13,16,18H,4-6,8,11-12H2,1-3H3. The van der Waals surface area contributed by atoms with Crippen molar-refractivity contribution in [1.29, 1.82) is 0 Å². The topological polar surface area (TPSA) is 23.5 Å². The molecule has 0 radical (unpaired) electrons. The highest BCUT2D eigenvalue weighted by molar-refractivity contribution is 5.25. The van der Waals surface area contributed by atoms with Crippen LogP contribution in [0, 0.1) is 0 Å². The summed E-state index contributed by atoms with van der Waals surface area (Å²) in [6.45, 7) is 9.59. The number of aliphatic hydroxyl groups excluding tert-OH is 1. The predicted octanol–water partition coefficient (Wildman–Crippen LogP) is 3.40. The first-order valence-electron chi connectivity index (χ1n) is 7.20. The van der Waals surface area contributed by atoms with Crippen LogP contribution < -0.4 is 0 Å². The zero-order valence-electron chi connectivity index (χ0n) is 12.0. The number of hydrogen-bond donors (Lipinski definition) is 1. The molecule has 2 nitrogen and oxygen atoms in total. The maximum Gasteiger partial charge on any atom is 0.0802 e. The van der Waals surface area contributed by atoms with Crippen molar-refractivity contribution in [3.05, 3.63) is 35.4 Å². The van der Waals surface area contributed by atoms with Gasteiger partial charge in [0.1, 0.15) is 0 Å². The molecule has 0 saturated heterocycles. The lowest BCUT2D eigenvalue weighted by molar-refractivity contribution is 0.145. The fraction of sp³-hybridized carbons (Fsp3) is 0.625. The first kappa shape index (κ1) is 15.2. The third-order valence-corrected chi connectivity index (χ3v) is 3.49. The van der Waals surface area contributed by atoms with Crippen LogP contribution in [0.2, 0.25) is 0 Å². The molecule has 0 aliphatic heterocycles. The number of nitrogens with zero attached hydrogens (tertiary/aromatic N) is 1. The maximum absolute atomic E-state index is 10.2. The molecule has 1 rings (SSSR count). The number of aryl methyl sites for hydroxylation is 1. The fourth-order valence-corrected chi connectivity index (χ4v) is 2.26. The Kier molecular flexibility index (Phi) is 6.99. The molecule has 1 aromatic carbocycles. The van der Waals surface area contributed by atoms with Gasteiger partial charge in [-0.15, -0.1) is 0 Å². The molecule has 18 heavy (non-hydrogen) atoms. The van der Waals surface area contributed by atoms with Gasteiger partial charge >= 0.3 is 0 Å². The zero-order valence-corrected chi connectivity index (χ0v) is 12.0. The van der Waals surface area contributed by atoms with Crippen LogP contribution in [0.15, 0.2) is 24.3 Å². The quantitative estimate of drug-likeness (QED) is 0.763. The lowest BCUT2D eigenvalue weighted by atomic mass is 10.0. The van der Waals surface area contributed by atoms with E-state index < -0.39 is 0 Å². The van der Waals surface area contributed by atoms with E-state index in [1.54, 1.807) is 0 Å². The molecular weight excluding hydrogens is 222 g/mol. The molecular formula is C16H27NO. The molecule has 1 N–H and O–H groups in total. The van der Waals surface area contributed by atoms with Gasteiger partial charge in [-0.05, 0) is 37.1 Å². The lowest BCUT2D eigenvalue weighted by Crippen LogP contribution is -2.25. The summed E-state index contributed by atoms with van der Waals surface area (Å²) in [5.74, 6) is 0. The van der Waals surface area contributed by atoms with Gasteiger partial charge in [0.15, 0.2) is 0 Å². The van der Waals surface area contributed by atoms with E-state index in [0.717, 1.165) is 44.5 Å². The molecule has 0 aromatic heterocycles. The summed E-state index contributed by atoms with van der Waals surface area (Å²) in [6, 6.07) is 8.38. The van der Waals surface area contributed by atoms with Crippen LogP contribution in [0.5, 0.6) is 0 Å². The first-order valence-corrected chi connectivity index (χ1v) is 7.20. The summed E-state index contributed by atoms with van der Waals surface area (Å²) in [6.07, 6.45) is 2.73. The van der Waals surface area contributed by atoms with E-state index in [1.807, 2.05) is 6.07 Å². The average molecular weight is 249 g/mol. The largest absolute Gasteiger partial charge is 0.388 e. The Balaban J connectivity index is 2.54. The minimum absolute atomic E-state index is 0.331. The van der Waals surface area contributed by atoms with E-state index in [0.29, 0.717) is 0 Å². The van der Waals surface area contributed by atoms with Gasteiger partial charge in [-0.2, -0.15) is 0 Å². The van der Waals surface area contributed by atoms with Crippen molar-refractivity contribution in [2.24, 2.45) is 0 Å². The minimum Gasteiger partial charge on any atom is -0.388 e. The maximum atomic E-state index is 10.2. The van der Waals surface area contributed by atoms with Gasteiger partial charge in [0.05, 0.1) is 6.10 Å². The molecule has 0 heterocycles. The summed E-state index contributed by atoms with van der Waals surface area (Å²) in [4.78, 5) is 2.35. The van der Waals surface area contributed by atoms with Crippen LogP contribution in [0.25, 0.3) is 0 Å². The summed E-state index contributed by atoms with van der Waals surface area (Å²) >= 11 is 0. The second-order valence-electron chi connectivity index (χ2n) is 4.83. The van der Waals surface area contributed by atoms with E-state index >= 15 is 0 Å². The fourth-order valence-electron chi connectivity index (χ4n) is 2.26. The predicted molar refractivity (Wildman–Crippen MR) is 77.8 cm³/mol. The molecule has 0 aliphatic rings. The molecule has 1 unspecified atom stereocenters. The normalized spacial score (nSPS) is 12.9. The highest BCUT2D eigenvalue weighted by Gasteiger charge is 2.09. The summed E-state index contributed by atoms with van der Waals surface area (Å²) in [5.41, 5.74) is 2.39. The van der Waals surface area contributed by atoms with E-state index in [1.165, 1.54) is 5.56 Å². The average Bonchev–Trinajstić information content (AvgIpc) is 2.40. The van der Waals surface area contributed by atoms with Crippen molar-refractivity contribution in [2.75, 3.05) is 19.6 Å². The van der Waals surface area contributed by atoms with Crippen molar-refractivity contribution in [2.45, 2.75) is 46.1 Å². The molecule has 1 atom stereocenters. The molecule has 1 aromatic rings. The van der Waals surface area contributed by atoms with Gasteiger partial charge in [-0.3, -0.25) is 0 Å². The van der Waals surface area contributed by atoms with Crippen molar-refractivity contribution in [3.63, 3.8) is 0 Å². The number of hydrogen-bond acceptors (Lipinski definition) is 2. The van der Waals surface area contributed by atoms with E-state index in [4.69, 9.17) is 0 Å².